The number of benzene rings is 1. The van der Waals surface area contributed by atoms with Crippen molar-refractivity contribution in [3.63, 3.8) is 0 Å². The van der Waals surface area contributed by atoms with Gasteiger partial charge in [0.2, 0.25) is 0 Å². The molecule has 0 saturated heterocycles. The van der Waals surface area contributed by atoms with E-state index in [1.54, 1.807) is 18.2 Å². The number of nitrogens with one attached hydrogen (secondary N) is 2. The van der Waals surface area contributed by atoms with Gasteiger partial charge in [-0.3, -0.25) is 4.79 Å². The van der Waals surface area contributed by atoms with Crippen LogP contribution in [0, 0.1) is 0 Å². The second-order valence-electron chi connectivity index (χ2n) is 5.72. The summed E-state index contributed by atoms with van der Waals surface area (Å²) in [7, 11) is 0. The molecule has 0 unspecified atom stereocenters. The van der Waals surface area contributed by atoms with Gasteiger partial charge in [0.05, 0.1) is 10.7 Å². The van der Waals surface area contributed by atoms with Gasteiger partial charge < -0.3 is 10.6 Å². The molecular weight excluding hydrogens is 312 g/mol. The smallest absolute Gasteiger partial charge is 0.272 e. The zero-order chi connectivity index (χ0) is 16.1. The van der Waals surface area contributed by atoms with Gasteiger partial charge in [0.15, 0.2) is 11.5 Å². The minimum atomic E-state index is -0.159. The lowest BCUT2D eigenvalue weighted by molar-refractivity contribution is 0.0921. The lowest BCUT2D eigenvalue weighted by Gasteiger charge is -2.22. The molecule has 1 saturated carbocycles. The molecule has 0 bridgehead atoms. The fourth-order valence-electron chi connectivity index (χ4n) is 2.73. The van der Waals surface area contributed by atoms with Crippen molar-refractivity contribution in [2.24, 2.45) is 0 Å². The van der Waals surface area contributed by atoms with E-state index in [9.17, 15) is 4.79 Å². The Bertz CT molecular complexity index is 669. The first-order valence-corrected chi connectivity index (χ1v) is 8.26. The Balaban J connectivity index is 1.62. The van der Waals surface area contributed by atoms with E-state index in [1.165, 1.54) is 19.3 Å². The third-order valence-corrected chi connectivity index (χ3v) is 4.30. The Morgan fingerprint density at radius 3 is 2.52 bits per heavy atom. The lowest BCUT2D eigenvalue weighted by Crippen LogP contribution is -2.36. The number of amides is 1. The van der Waals surface area contributed by atoms with Crippen molar-refractivity contribution in [2.45, 2.75) is 38.1 Å². The largest absolute Gasteiger partial charge is 0.348 e. The number of para-hydroxylation sites is 1. The van der Waals surface area contributed by atoms with E-state index < -0.39 is 0 Å². The first-order valence-electron chi connectivity index (χ1n) is 7.88. The normalized spacial score (nSPS) is 15.2. The van der Waals surface area contributed by atoms with Gasteiger partial charge in [-0.15, -0.1) is 10.2 Å². The molecule has 120 valence electrons. The molecule has 1 aliphatic carbocycles. The van der Waals surface area contributed by atoms with Crippen molar-refractivity contribution < 1.29 is 4.79 Å². The number of hydrogen-bond acceptors (Lipinski definition) is 4. The van der Waals surface area contributed by atoms with E-state index in [0.717, 1.165) is 18.5 Å². The maximum Gasteiger partial charge on any atom is 0.272 e. The summed E-state index contributed by atoms with van der Waals surface area (Å²) >= 11 is 6.09. The monoisotopic (exact) mass is 330 g/mol. The quantitative estimate of drug-likeness (QED) is 0.891. The number of aromatic nitrogens is 2. The predicted octanol–water partition coefficient (Wildman–Crippen LogP) is 3.94. The molecule has 3 rings (SSSR count). The van der Waals surface area contributed by atoms with Crippen LogP contribution in [0.2, 0.25) is 5.02 Å². The van der Waals surface area contributed by atoms with Crippen LogP contribution >= 0.6 is 11.6 Å². The summed E-state index contributed by atoms with van der Waals surface area (Å²) in [6.45, 7) is 0. The van der Waals surface area contributed by atoms with Gasteiger partial charge in [-0.2, -0.15) is 0 Å². The van der Waals surface area contributed by atoms with Crippen LogP contribution in [0.15, 0.2) is 36.4 Å². The average molecular weight is 331 g/mol. The highest BCUT2D eigenvalue weighted by Crippen LogP contribution is 2.23. The van der Waals surface area contributed by atoms with Crippen LogP contribution in [0.4, 0.5) is 11.5 Å². The zero-order valence-electron chi connectivity index (χ0n) is 12.8. The number of anilines is 2. The van der Waals surface area contributed by atoms with E-state index in [1.807, 2.05) is 18.2 Å². The molecule has 1 fully saturated rings. The lowest BCUT2D eigenvalue weighted by atomic mass is 9.95. The Kier molecular flexibility index (Phi) is 5.08. The van der Waals surface area contributed by atoms with Crippen LogP contribution in [-0.2, 0) is 0 Å². The molecule has 6 heteroatoms. The highest BCUT2D eigenvalue weighted by molar-refractivity contribution is 6.33. The molecular formula is C17H19ClN4O. The summed E-state index contributed by atoms with van der Waals surface area (Å²) < 4.78 is 0. The highest BCUT2D eigenvalue weighted by atomic mass is 35.5. The molecule has 0 spiro atoms. The molecule has 2 aromatic rings. The number of rotatable bonds is 4. The SMILES string of the molecule is O=C(NC1CCCCC1)c1ccc(Nc2ccccc2Cl)nn1. The van der Waals surface area contributed by atoms with Crippen molar-refractivity contribution >= 4 is 29.0 Å². The fraction of sp³-hybridized carbons (Fsp3) is 0.353. The number of nitrogens with zero attached hydrogens (tertiary/aromatic N) is 2. The van der Waals surface area contributed by atoms with Crippen molar-refractivity contribution in [1.82, 2.24) is 15.5 Å². The Hall–Kier alpha value is -2.14. The van der Waals surface area contributed by atoms with E-state index in [4.69, 9.17) is 11.6 Å². The zero-order valence-corrected chi connectivity index (χ0v) is 13.5. The van der Waals surface area contributed by atoms with Crippen LogP contribution in [-0.4, -0.2) is 22.1 Å². The van der Waals surface area contributed by atoms with Crippen molar-refractivity contribution in [1.29, 1.82) is 0 Å². The molecule has 1 amide bonds. The summed E-state index contributed by atoms with van der Waals surface area (Å²) in [6.07, 6.45) is 5.71. The minimum absolute atomic E-state index is 0.159. The maximum atomic E-state index is 12.2. The molecule has 1 aliphatic rings. The summed E-state index contributed by atoms with van der Waals surface area (Å²) in [5.74, 6) is 0.390. The minimum Gasteiger partial charge on any atom is -0.348 e. The molecule has 0 aliphatic heterocycles. The second-order valence-corrected chi connectivity index (χ2v) is 6.12. The van der Waals surface area contributed by atoms with Crippen LogP contribution in [0.3, 0.4) is 0 Å². The number of halogens is 1. The van der Waals surface area contributed by atoms with Gasteiger partial charge in [-0.05, 0) is 37.1 Å². The third kappa shape index (κ3) is 4.20. The second kappa shape index (κ2) is 7.42. The Labute approximate surface area is 140 Å². The summed E-state index contributed by atoms with van der Waals surface area (Å²) in [6, 6.07) is 11.1. The summed E-state index contributed by atoms with van der Waals surface area (Å²) in [5.41, 5.74) is 1.09. The molecule has 5 nitrogen and oxygen atoms in total. The highest BCUT2D eigenvalue weighted by Gasteiger charge is 2.17. The molecule has 2 N–H and O–H groups in total. The topological polar surface area (TPSA) is 66.9 Å². The van der Waals surface area contributed by atoms with Crippen LogP contribution < -0.4 is 10.6 Å². The molecule has 0 atom stereocenters. The fourth-order valence-corrected chi connectivity index (χ4v) is 2.91. The van der Waals surface area contributed by atoms with Gasteiger partial charge >= 0.3 is 0 Å². The predicted molar refractivity (Wildman–Crippen MR) is 91.1 cm³/mol. The summed E-state index contributed by atoms with van der Waals surface area (Å²) in [5, 5.41) is 14.8. The van der Waals surface area contributed by atoms with E-state index >= 15 is 0 Å². The molecule has 1 heterocycles. The van der Waals surface area contributed by atoms with Gasteiger partial charge in [0, 0.05) is 6.04 Å². The molecule has 0 radical (unpaired) electrons. The number of carbonyl (C=O) groups excluding carboxylic acids is 1. The van der Waals surface area contributed by atoms with Crippen molar-refractivity contribution in [3.8, 4) is 0 Å². The van der Waals surface area contributed by atoms with E-state index in [0.29, 0.717) is 16.5 Å². The van der Waals surface area contributed by atoms with E-state index in [2.05, 4.69) is 20.8 Å². The summed E-state index contributed by atoms with van der Waals surface area (Å²) in [4.78, 5) is 12.2. The van der Waals surface area contributed by atoms with Crippen LogP contribution in [0.1, 0.15) is 42.6 Å². The van der Waals surface area contributed by atoms with E-state index in [-0.39, 0.29) is 11.9 Å². The number of hydrogen-bond donors (Lipinski definition) is 2. The first kappa shape index (κ1) is 15.7. The van der Waals surface area contributed by atoms with Crippen LogP contribution in [0.25, 0.3) is 0 Å². The standard InChI is InChI=1S/C17H19ClN4O/c18-13-8-4-5-9-14(13)20-16-11-10-15(21-22-16)17(23)19-12-6-2-1-3-7-12/h4-5,8-12H,1-3,6-7H2,(H,19,23)(H,20,22). The number of carbonyl (C=O) groups is 1. The molecule has 23 heavy (non-hydrogen) atoms. The van der Waals surface area contributed by atoms with Crippen molar-refractivity contribution in [3.05, 3.63) is 47.1 Å². The van der Waals surface area contributed by atoms with Gasteiger partial charge in [0.25, 0.3) is 5.91 Å². The average Bonchev–Trinajstić information content (AvgIpc) is 2.58. The molecule has 1 aromatic heterocycles. The molecule has 1 aromatic carbocycles. The maximum absolute atomic E-state index is 12.2. The van der Waals surface area contributed by atoms with Crippen molar-refractivity contribution in [2.75, 3.05) is 5.32 Å². The Morgan fingerprint density at radius 1 is 1.04 bits per heavy atom. The van der Waals surface area contributed by atoms with Gasteiger partial charge in [-0.25, -0.2) is 0 Å². The van der Waals surface area contributed by atoms with Crippen LogP contribution in [0.5, 0.6) is 0 Å². The Morgan fingerprint density at radius 2 is 1.83 bits per heavy atom. The third-order valence-electron chi connectivity index (χ3n) is 3.97. The van der Waals surface area contributed by atoms with Gasteiger partial charge in [-0.1, -0.05) is 43.0 Å². The first-order chi connectivity index (χ1) is 11.2. The van der Waals surface area contributed by atoms with Gasteiger partial charge in [0.1, 0.15) is 0 Å².